The minimum Gasteiger partial charge on any atom is -0.423 e. The normalized spacial score (nSPS) is 13.0. The number of esters is 1. The smallest absolute Gasteiger partial charge is 0.338 e. The SMILES string of the molecule is C=C(CC(CC)CC)C(=O)Oc1cccc(C(C)C(C)(C)C)c1. The van der Waals surface area contributed by atoms with E-state index >= 15 is 0 Å². The van der Waals surface area contributed by atoms with Gasteiger partial charge in [-0.1, -0.05) is 73.1 Å². The number of hydrogen-bond donors (Lipinski definition) is 0. The highest BCUT2D eigenvalue weighted by atomic mass is 16.5. The van der Waals surface area contributed by atoms with Crippen LogP contribution in [0.1, 0.15) is 72.3 Å². The minimum atomic E-state index is -0.308. The van der Waals surface area contributed by atoms with Crippen LogP contribution in [0.4, 0.5) is 0 Å². The van der Waals surface area contributed by atoms with Gasteiger partial charge < -0.3 is 4.74 Å². The number of ether oxygens (including phenoxy) is 1. The van der Waals surface area contributed by atoms with Crippen LogP contribution < -0.4 is 4.74 Å². The lowest BCUT2D eigenvalue weighted by Crippen LogP contribution is -2.16. The molecule has 0 radical (unpaired) electrons. The third-order valence-corrected chi connectivity index (χ3v) is 4.85. The molecule has 1 aromatic rings. The summed E-state index contributed by atoms with van der Waals surface area (Å²) < 4.78 is 5.53. The number of carbonyl (C=O) groups excluding carboxylic acids is 1. The van der Waals surface area contributed by atoms with E-state index in [1.54, 1.807) is 0 Å². The number of hydrogen-bond acceptors (Lipinski definition) is 2. The lowest BCUT2D eigenvalue weighted by molar-refractivity contribution is -0.130. The molecule has 0 saturated heterocycles. The van der Waals surface area contributed by atoms with Gasteiger partial charge in [0.25, 0.3) is 0 Å². The third-order valence-electron chi connectivity index (χ3n) is 4.85. The summed E-state index contributed by atoms with van der Waals surface area (Å²) in [6.45, 7) is 17.0. The van der Waals surface area contributed by atoms with E-state index in [0.717, 1.165) is 12.8 Å². The van der Waals surface area contributed by atoms with Crippen molar-refractivity contribution in [3.8, 4) is 5.75 Å². The Kier molecular flexibility index (Phi) is 7.05. The summed E-state index contributed by atoms with van der Waals surface area (Å²) in [7, 11) is 0. The van der Waals surface area contributed by atoms with E-state index in [1.807, 2.05) is 18.2 Å². The van der Waals surface area contributed by atoms with E-state index in [9.17, 15) is 4.79 Å². The summed E-state index contributed by atoms with van der Waals surface area (Å²) in [6, 6.07) is 7.84. The van der Waals surface area contributed by atoms with Crippen molar-refractivity contribution in [3.05, 3.63) is 42.0 Å². The van der Waals surface area contributed by atoms with Gasteiger partial charge >= 0.3 is 5.97 Å². The molecule has 0 saturated carbocycles. The molecule has 0 N–H and O–H groups in total. The van der Waals surface area contributed by atoms with Gasteiger partial charge in [0.2, 0.25) is 0 Å². The zero-order valence-corrected chi connectivity index (χ0v) is 15.6. The molecule has 1 unspecified atom stereocenters. The zero-order valence-electron chi connectivity index (χ0n) is 15.6. The van der Waals surface area contributed by atoms with Crippen molar-refractivity contribution in [1.82, 2.24) is 0 Å². The minimum absolute atomic E-state index is 0.168. The molecule has 0 aliphatic heterocycles. The van der Waals surface area contributed by atoms with Crippen LogP contribution in [0.15, 0.2) is 36.4 Å². The van der Waals surface area contributed by atoms with Crippen molar-refractivity contribution in [2.45, 2.75) is 66.7 Å². The topological polar surface area (TPSA) is 26.3 Å². The molecule has 0 aromatic heterocycles. The van der Waals surface area contributed by atoms with E-state index in [0.29, 0.717) is 29.6 Å². The van der Waals surface area contributed by atoms with Crippen molar-refractivity contribution in [3.63, 3.8) is 0 Å². The Morgan fingerprint density at radius 1 is 1.22 bits per heavy atom. The molecule has 0 aliphatic carbocycles. The molecule has 0 spiro atoms. The second-order valence-corrected chi connectivity index (χ2v) is 7.54. The van der Waals surface area contributed by atoms with Crippen molar-refractivity contribution in [2.75, 3.05) is 0 Å². The Balaban J connectivity index is 2.78. The molecule has 2 nitrogen and oxygen atoms in total. The Labute approximate surface area is 141 Å². The van der Waals surface area contributed by atoms with Crippen LogP contribution in [0.25, 0.3) is 0 Å². The molecule has 1 rings (SSSR count). The lowest BCUT2D eigenvalue weighted by atomic mass is 9.78. The Morgan fingerprint density at radius 3 is 2.35 bits per heavy atom. The molecule has 2 heteroatoms. The maximum absolute atomic E-state index is 12.2. The van der Waals surface area contributed by atoms with E-state index in [-0.39, 0.29) is 11.4 Å². The summed E-state index contributed by atoms with van der Waals surface area (Å²) >= 11 is 0. The molecule has 0 aliphatic rings. The second kappa shape index (κ2) is 8.33. The van der Waals surface area contributed by atoms with Crippen molar-refractivity contribution < 1.29 is 9.53 Å². The Morgan fingerprint density at radius 2 is 1.83 bits per heavy atom. The molecule has 1 atom stereocenters. The molecule has 0 amide bonds. The summed E-state index contributed by atoms with van der Waals surface area (Å²) in [4.78, 5) is 12.2. The number of benzene rings is 1. The van der Waals surface area contributed by atoms with Crippen LogP contribution in [-0.4, -0.2) is 5.97 Å². The summed E-state index contributed by atoms with van der Waals surface area (Å²) in [5, 5.41) is 0. The van der Waals surface area contributed by atoms with E-state index in [2.05, 4.69) is 54.2 Å². The highest BCUT2D eigenvalue weighted by Gasteiger charge is 2.22. The highest BCUT2D eigenvalue weighted by Crippen LogP contribution is 2.35. The van der Waals surface area contributed by atoms with Crippen LogP contribution in [0.2, 0.25) is 0 Å². The van der Waals surface area contributed by atoms with Crippen LogP contribution >= 0.6 is 0 Å². The van der Waals surface area contributed by atoms with Gasteiger partial charge in [-0.25, -0.2) is 4.79 Å². The largest absolute Gasteiger partial charge is 0.423 e. The first-order chi connectivity index (χ1) is 10.7. The standard InChI is InChI=1S/C21H32O2/c1-8-17(9-2)13-15(3)20(22)23-19-12-10-11-18(14-19)16(4)21(5,6)7/h10-12,14,16-17H,3,8-9,13H2,1-2,4-7H3. The molecule has 0 bridgehead atoms. The molecule has 23 heavy (non-hydrogen) atoms. The van der Waals surface area contributed by atoms with Crippen molar-refractivity contribution in [2.24, 2.45) is 11.3 Å². The molecule has 128 valence electrons. The van der Waals surface area contributed by atoms with Gasteiger partial charge in [0.15, 0.2) is 0 Å². The monoisotopic (exact) mass is 316 g/mol. The van der Waals surface area contributed by atoms with Gasteiger partial charge in [-0.15, -0.1) is 0 Å². The zero-order chi connectivity index (χ0) is 17.6. The summed E-state index contributed by atoms with van der Waals surface area (Å²) in [5.41, 5.74) is 1.92. The fourth-order valence-electron chi connectivity index (χ4n) is 2.54. The average Bonchev–Trinajstić information content (AvgIpc) is 2.50. The van der Waals surface area contributed by atoms with Crippen LogP contribution in [0.5, 0.6) is 5.75 Å². The lowest BCUT2D eigenvalue weighted by Gasteiger charge is -2.27. The second-order valence-electron chi connectivity index (χ2n) is 7.54. The van der Waals surface area contributed by atoms with Gasteiger partial charge in [0, 0.05) is 5.57 Å². The number of carbonyl (C=O) groups is 1. The highest BCUT2D eigenvalue weighted by molar-refractivity contribution is 5.89. The Hall–Kier alpha value is -1.57. The van der Waals surface area contributed by atoms with E-state index in [1.165, 1.54) is 5.56 Å². The predicted molar refractivity (Wildman–Crippen MR) is 97.8 cm³/mol. The van der Waals surface area contributed by atoms with Gasteiger partial charge in [-0.2, -0.15) is 0 Å². The first-order valence-corrected chi connectivity index (χ1v) is 8.68. The first kappa shape index (κ1) is 19.5. The first-order valence-electron chi connectivity index (χ1n) is 8.68. The molecular weight excluding hydrogens is 284 g/mol. The maximum Gasteiger partial charge on any atom is 0.338 e. The van der Waals surface area contributed by atoms with E-state index in [4.69, 9.17) is 4.74 Å². The fraction of sp³-hybridized carbons (Fsp3) is 0.571. The van der Waals surface area contributed by atoms with Crippen LogP contribution in [0.3, 0.4) is 0 Å². The van der Waals surface area contributed by atoms with Crippen molar-refractivity contribution in [1.29, 1.82) is 0 Å². The molecular formula is C21H32O2. The van der Waals surface area contributed by atoms with Crippen LogP contribution in [-0.2, 0) is 4.79 Å². The molecule has 0 fully saturated rings. The Bertz CT molecular complexity index is 533. The van der Waals surface area contributed by atoms with Crippen LogP contribution in [0, 0.1) is 11.3 Å². The molecule has 1 aromatic carbocycles. The quantitative estimate of drug-likeness (QED) is 0.344. The van der Waals surface area contributed by atoms with Gasteiger partial charge in [0.1, 0.15) is 5.75 Å². The molecule has 0 heterocycles. The average molecular weight is 316 g/mol. The predicted octanol–water partition coefficient (Wildman–Crippen LogP) is 6.12. The summed E-state index contributed by atoms with van der Waals surface area (Å²) in [5.74, 6) is 1.18. The summed E-state index contributed by atoms with van der Waals surface area (Å²) in [6.07, 6.45) is 2.83. The number of rotatable bonds is 7. The maximum atomic E-state index is 12.2. The van der Waals surface area contributed by atoms with Gasteiger partial charge in [-0.05, 0) is 41.4 Å². The van der Waals surface area contributed by atoms with E-state index < -0.39 is 0 Å². The van der Waals surface area contributed by atoms with Crippen molar-refractivity contribution >= 4 is 5.97 Å². The van der Waals surface area contributed by atoms with Gasteiger partial charge in [0.05, 0.1) is 0 Å². The van der Waals surface area contributed by atoms with Gasteiger partial charge in [-0.3, -0.25) is 0 Å². The third kappa shape index (κ3) is 5.85. The fourth-order valence-corrected chi connectivity index (χ4v) is 2.54.